The number of anilines is 1. The number of carbonyl (C=O) groups excluding carboxylic acids is 1. The monoisotopic (exact) mass is 213 g/mol. The Labute approximate surface area is 85.3 Å². The predicted molar refractivity (Wildman–Crippen MR) is 50.4 cm³/mol. The van der Waals surface area contributed by atoms with Crippen LogP contribution in [0.5, 0.6) is 0 Å². The summed E-state index contributed by atoms with van der Waals surface area (Å²) in [5, 5.41) is 20.7. The summed E-state index contributed by atoms with van der Waals surface area (Å²) in [4.78, 5) is 22.3. The van der Waals surface area contributed by atoms with Gasteiger partial charge in [-0.1, -0.05) is 0 Å². The van der Waals surface area contributed by atoms with E-state index in [0.717, 1.165) is 4.80 Å². The first kappa shape index (κ1) is 11.0. The first-order chi connectivity index (χ1) is 7.11. The highest BCUT2D eigenvalue weighted by Crippen LogP contribution is 1.97. The highest BCUT2D eigenvalue weighted by atomic mass is 16.4. The molecule has 1 aromatic rings. The summed E-state index contributed by atoms with van der Waals surface area (Å²) in [5.74, 6) is -0.836. The standard InChI is InChI=1S/C7H11N5O3/c1-2-8-7(15)10-5-3-9-12(11-5)4-6(13)14/h3H,2,4H2,1H3,(H,13,14)(H2,8,10,11,15). The van der Waals surface area contributed by atoms with Gasteiger partial charge in [0.1, 0.15) is 0 Å². The average Bonchev–Trinajstić information content (AvgIpc) is 2.51. The van der Waals surface area contributed by atoms with Crippen LogP contribution in [-0.2, 0) is 11.3 Å². The summed E-state index contributed by atoms with van der Waals surface area (Å²) in [6.45, 7) is 1.94. The van der Waals surface area contributed by atoms with Crippen LogP contribution < -0.4 is 10.6 Å². The lowest BCUT2D eigenvalue weighted by Crippen LogP contribution is -2.28. The number of hydrogen-bond donors (Lipinski definition) is 3. The van der Waals surface area contributed by atoms with Crippen LogP contribution in [0.4, 0.5) is 10.6 Å². The van der Waals surface area contributed by atoms with E-state index in [4.69, 9.17) is 5.11 Å². The van der Waals surface area contributed by atoms with Gasteiger partial charge in [0.05, 0.1) is 6.20 Å². The summed E-state index contributed by atoms with van der Waals surface area (Å²) < 4.78 is 0. The molecule has 15 heavy (non-hydrogen) atoms. The molecule has 0 atom stereocenters. The van der Waals surface area contributed by atoms with Crippen molar-refractivity contribution in [3.05, 3.63) is 6.20 Å². The topological polar surface area (TPSA) is 109 Å². The fourth-order valence-electron chi connectivity index (χ4n) is 0.873. The van der Waals surface area contributed by atoms with Gasteiger partial charge in [0.15, 0.2) is 12.4 Å². The Morgan fingerprint density at radius 1 is 1.60 bits per heavy atom. The Morgan fingerprint density at radius 2 is 2.33 bits per heavy atom. The van der Waals surface area contributed by atoms with Gasteiger partial charge in [-0.15, -0.1) is 5.10 Å². The van der Waals surface area contributed by atoms with Gasteiger partial charge in [0.25, 0.3) is 0 Å². The Bertz CT molecular complexity index is 361. The minimum atomic E-state index is -1.05. The second-order valence-electron chi connectivity index (χ2n) is 2.64. The third kappa shape index (κ3) is 3.63. The maximum atomic E-state index is 11.0. The van der Waals surface area contributed by atoms with Crippen molar-refractivity contribution >= 4 is 17.8 Å². The number of urea groups is 1. The molecule has 8 heteroatoms. The molecule has 0 saturated carbocycles. The molecule has 0 unspecified atom stereocenters. The lowest BCUT2D eigenvalue weighted by atomic mass is 10.7. The van der Waals surface area contributed by atoms with Crippen LogP contribution in [0.3, 0.4) is 0 Å². The maximum absolute atomic E-state index is 11.0. The molecule has 1 heterocycles. The number of rotatable bonds is 4. The van der Waals surface area contributed by atoms with Crippen molar-refractivity contribution in [3.8, 4) is 0 Å². The molecule has 0 radical (unpaired) electrons. The SMILES string of the molecule is CCNC(=O)Nc1cnn(CC(=O)O)n1. The quantitative estimate of drug-likeness (QED) is 0.624. The Hall–Kier alpha value is -2.12. The van der Waals surface area contributed by atoms with E-state index in [-0.39, 0.29) is 12.4 Å². The van der Waals surface area contributed by atoms with E-state index in [1.165, 1.54) is 6.20 Å². The van der Waals surface area contributed by atoms with Crippen LogP contribution in [0.25, 0.3) is 0 Å². The van der Waals surface area contributed by atoms with Crippen LogP contribution in [0.15, 0.2) is 6.20 Å². The number of hydrogen-bond acceptors (Lipinski definition) is 4. The average molecular weight is 213 g/mol. The maximum Gasteiger partial charge on any atom is 0.327 e. The number of aromatic nitrogens is 3. The molecule has 0 bridgehead atoms. The summed E-state index contributed by atoms with van der Waals surface area (Å²) in [7, 11) is 0. The van der Waals surface area contributed by atoms with Crippen molar-refractivity contribution in [2.75, 3.05) is 11.9 Å². The van der Waals surface area contributed by atoms with Gasteiger partial charge in [-0.3, -0.25) is 10.1 Å². The molecule has 82 valence electrons. The van der Waals surface area contributed by atoms with Crippen LogP contribution in [0.2, 0.25) is 0 Å². The van der Waals surface area contributed by atoms with E-state index in [9.17, 15) is 9.59 Å². The second kappa shape index (κ2) is 4.94. The fourth-order valence-corrected chi connectivity index (χ4v) is 0.873. The molecule has 0 aromatic carbocycles. The molecule has 0 fully saturated rings. The highest BCUT2D eigenvalue weighted by molar-refractivity contribution is 5.87. The van der Waals surface area contributed by atoms with Crippen LogP contribution in [0, 0.1) is 0 Å². The predicted octanol–water partition coefficient (Wildman–Crippen LogP) is -0.496. The summed E-state index contributed by atoms with van der Waals surface area (Å²) in [6.07, 6.45) is 1.28. The van der Waals surface area contributed by atoms with E-state index < -0.39 is 12.0 Å². The Morgan fingerprint density at radius 3 is 2.93 bits per heavy atom. The van der Waals surface area contributed by atoms with E-state index >= 15 is 0 Å². The van der Waals surface area contributed by atoms with Crippen molar-refractivity contribution in [2.24, 2.45) is 0 Å². The molecular weight excluding hydrogens is 202 g/mol. The molecule has 0 saturated heterocycles. The zero-order chi connectivity index (χ0) is 11.3. The number of carbonyl (C=O) groups is 2. The van der Waals surface area contributed by atoms with Crippen LogP contribution in [0.1, 0.15) is 6.92 Å². The van der Waals surface area contributed by atoms with Crippen LogP contribution >= 0.6 is 0 Å². The van der Waals surface area contributed by atoms with Crippen molar-refractivity contribution in [1.29, 1.82) is 0 Å². The smallest absolute Gasteiger partial charge is 0.327 e. The van der Waals surface area contributed by atoms with E-state index in [1.807, 2.05) is 0 Å². The number of amides is 2. The normalized spacial score (nSPS) is 9.67. The van der Waals surface area contributed by atoms with Crippen molar-refractivity contribution in [2.45, 2.75) is 13.5 Å². The molecule has 8 nitrogen and oxygen atoms in total. The third-order valence-corrected chi connectivity index (χ3v) is 1.39. The number of carboxylic acids is 1. The first-order valence-corrected chi connectivity index (χ1v) is 4.28. The molecule has 0 aliphatic carbocycles. The fraction of sp³-hybridized carbons (Fsp3) is 0.429. The molecular formula is C7H11N5O3. The summed E-state index contributed by atoms with van der Waals surface area (Å²) in [6, 6.07) is -0.403. The molecule has 1 aromatic heterocycles. The van der Waals surface area contributed by atoms with Gasteiger partial charge in [-0.25, -0.2) is 4.79 Å². The minimum Gasteiger partial charge on any atom is -0.480 e. The molecule has 0 spiro atoms. The van der Waals surface area contributed by atoms with Gasteiger partial charge in [0, 0.05) is 6.54 Å². The van der Waals surface area contributed by atoms with E-state index in [0.29, 0.717) is 6.54 Å². The van der Waals surface area contributed by atoms with E-state index in [2.05, 4.69) is 20.8 Å². The van der Waals surface area contributed by atoms with Crippen molar-refractivity contribution in [3.63, 3.8) is 0 Å². The zero-order valence-electron chi connectivity index (χ0n) is 8.10. The van der Waals surface area contributed by atoms with Crippen molar-refractivity contribution < 1.29 is 14.7 Å². The molecule has 2 amide bonds. The molecule has 0 aliphatic rings. The summed E-state index contributed by atoms with van der Waals surface area (Å²) in [5.41, 5.74) is 0. The van der Waals surface area contributed by atoms with Gasteiger partial charge < -0.3 is 10.4 Å². The van der Waals surface area contributed by atoms with Gasteiger partial charge in [-0.2, -0.15) is 9.90 Å². The Balaban J connectivity index is 2.52. The van der Waals surface area contributed by atoms with Gasteiger partial charge >= 0.3 is 12.0 Å². The number of nitrogens with one attached hydrogen (secondary N) is 2. The van der Waals surface area contributed by atoms with E-state index in [1.54, 1.807) is 6.92 Å². The number of carboxylic acid groups (broad SMARTS) is 1. The van der Waals surface area contributed by atoms with Crippen LogP contribution in [-0.4, -0.2) is 38.6 Å². The van der Waals surface area contributed by atoms with Gasteiger partial charge in [-0.05, 0) is 6.92 Å². The highest BCUT2D eigenvalue weighted by Gasteiger charge is 2.06. The first-order valence-electron chi connectivity index (χ1n) is 4.28. The lowest BCUT2D eigenvalue weighted by molar-refractivity contribution is -0.138. The van der Waals surface area contributed by atoms with Gasteiger partial charge in [0.2, 0.25) is 0 Å². The molecule has 0 aliphatic heterocycles. The second-order valence-corrected chi connectivity index (χ2v) is 2.64. The number of aliphatic carboxylic acids is 1. The number of nitrogens with zero attached hydrogens (tertiary/aromatic N) is 3. The third-order valence-electron chi connectivity index (χ3n) is 1.39. The summed E-state index contributed by atoms with van der Waals surface area (Å²) >= 11 is 0. The minimum absolute atomic E-state index is 0.210. The molecule has 3 N–H and O–H groups in total. The zero-order valence-corrected chi connectivity index (χ0v) is 8.10. The Kier molecular flexibility index (Phi) is 3.61. The van der Waals surface area contributed by atoms with Crippen molar-refractivity contribution in [1.82, 2.24) is 20.3 Å². The largest absolute Gasteiger partial charge is 0.480 e. The molecule has 1 rings (SSSR count). The lowest BCUT2D eigenvalue weighted by Gasteiger charge is -2.00.